The Morgan fingerprint density at radius 2 is 2.00 bits per heavy atom. The highest BCUT2D eigenvalue weighted by Crippen LogP contribution is 2.39. The number of ether oxygens (including phenoxy) is 1. The van der Waals surface area contributed by atoms with Gasteiger partial charge in [-0.3, -0.25) is 4.79 Å². The molecule has 32 heavy (non-hydrogen) atoms. The van der Waals surface area contributed by atoms with Crippen molar-refractivity contribution in [2.24, 2.45) is 5.73 Å². The number of primary amides is 1. The van der Waals surface area contributed by atoms with E-state index in [1.165, 1.54) is 0 Å². The summed E-state index contributed by atoms with van der Waals surface area (Å²) in [7, 11) is 0. The molecule has 1 fully saturated rings. The lowest BCUT2D eigenvalue weighted by Gasteiger charge is -2.33. The number of rotatable bonds is 4. The van der Waals surface area contributed by atoms with Crippen LogP contribution >= 0.6 is 11.3 Å². The summed E-state index contributed by atoms with van der Waals surface area (Å²) in [6, 6.07) is 3.55. The van der Waals surface area contributed by atoms with E-state index in [0.717, 1.165) is 24.2 Å². The van der Waals surface area contributed by atoms with Crippen LogP contribution in [0.25, 0.3) is 21.7 Å². The van der Waals surface area contributed by atoms with E-state index >= 15 is 0 Å². The Hall–Kier alpha value is -3.34. The van der Waals surface area contributed by atoms with E-state index in [1.807, 2.05) is 25.7 Å². The van der Waals surface area contributed by atoms with Gasteiger partial charge in [-0.25, -0.2) is 14.8 Å². The molecule has 2 amide bonds. The quantitative estimate of drug-likeness (QED) is 0.540. The van der Waals surface area contributed by atoms with E-state index in [9.17, 15) is 9.59 Å². The maximum absolute atomic E-state index is 12.1. The average molecular weight is 459 g/mol. The second kappa shape index (κ2) is 8.30. The van der Waals surface area contributed by atoms with Crippen molar-refractivity contribution in [2.75, 3.05) is 23.7 Å². The van der Waals surface area contributed by atoms with Crippen LogP contribution in [0.5, 0.6) is 0 Å². The number of piperidine rings is 1. The predicted molar refractivity (Wildman–Crippen MR) is 123 cm³/mol. The zero-order valence-electron chi connectivity index (χ0n) is 18.2. The fourth-order valence-corrected chi connectivity index (χ4v) is 4.57. The van der Waals surface area contributed by atoms with Crippen molar-refractivity contribution < 1.29 is 18.7 Å². The highest BCUT2D eigenvalue weighted by atomic mass is 32.1. The van der Waals surface area contributed by atoms with Gasteiger partial charge >= 0.3 is 6.09 Å². The third-order valence-corrected chi connectivity index (χ3v) is 6.17. The maximum atomic E-state index is 12.1. The molecule has 3 aromatic heterocycles. The van der Waals surface area contributed by atoms with Gasteiger partial charge in [-0.1, -0.05) is 0 Å². The Balaban J connectivity index is 1.58. The van der Waals surface area contributed by atoms with Crippen LogP contribution in [0, 0.1) is 0 Å². The summed E-state index contributed by atoms with van der Waals surface area (Å²) in [6.45, 7) is 6.79. The molecule has 5 N–H and O–H groups in total. The minimum absolute atomic E-state index is 0.00761. The molecule has 3 aromatic rings. The number of anilines is 2. The maximum Gasteiger partial charge on any atom is 0.407 e. The number of amides is 2. The van der Waals surface area contributed by atoms with E-state index in [2.05, 4.69) is 10.3 Å². The number of hydrogen-bond donors (Lipinski definition) is 3. The number of nitrogens with two attached hydrogens (primary N) is 2. The summed E-state index contributed by atoms with van der Waals surface area (Å²) in [5, 5.41) is 3.48. The second-order valence-corrected chi connectivity index (χ2v) is 9.65. The van der Waals surface area contributed by atoms with Gasteiger partial charge in [0.15, 0.2) is 5.76 Å². The highest BCUT2D eigenvalue weighted by Gasteiger charge is 2.27. The van der Waals surface area contributed by atoms with Gasteiger partial charge in [0.2, 0.25) is 5.95 Å². The van der Waals surface area contributed by atoms with E-state index in [-0.39, 0.29) is 16.6 Å². The Bertz CT molecular complexity index is 1140. The molecule has 0 radical (unpaired) electrons. The third kappa shape index (κ3) is 4.47. The minimum Gasteiger partial charge on any atom is -0.463 e. The van der Waals surface area contributed by atoms with Gasteiger partial charge in [0.25, 0.3) is 5.91 Å². The Kier molecular flexibility index (Phi) is 5.68. The molecule has 10 nitrogen and oxygen atoms in total. The minimum atomic E-state index is -0.605. The number of furan rings is 1. The van der Waals surface area contributed by atoms with Gasteiger partial charge < -0.3 is 30.8 Å². The molecule has 0 bridgehead atoms. The molecule has 1 aliphatic heterocycles. The van der Waals surface area contributed by atoms with Crippen LogP contribution in [-0.2, 0) is 4.74 Å². The number of aromatic nitrogens is 2. The molecule has 4 rings (SSSR count). The van der Waals surface area contributed by atoms with Crippen molar-refractivity contribution in [2.45, 2.75) is 45.3 Å². The van der Waals surface area contributed by atoms with E-state index in [0.29, 0.717) is 40.7 Å². The molecule has 0 aromatic carbocycles. The van der Waals surface area contributed by atoms with Crippen molar-refractivity contribution in [3.05, 3.63) is 23.3 Å². The first-order valence-corrected chi connectivity index (χ1v) is 11.1. The SMILES string of the molecule is CC(C)(C)OC(=O)NC1CCN(c2nc(-c3ccco3)c3c(N)c(C(N)=O)sc3n2)CC1. The van der Waals surface area contributed by atoms with Crippen LogP contribution in [-0.4, -0.2) is 46.7 Å². The number of alkyl carbamates (subject to hydrolysis) is 1. The van der Waals surface area contributed by atoms with Crippen molar-refractivity contribution in [3.63, 3.8) is 0 Å². The largest absolute Gasteiger partial charge is 0.463 e. The molecule has 170 valence electrons. The van der Waals surface area contributed by atoms with Crippen LogP contribution in [0.1, 0.15) is 43.3 Å². The summed E-state index contributed by atoms with van der Waals surface area (Å²) >= 11 is 1.14. The Morgan fingerprint density at radius 3 is 2.59 bits per heavy atom. The fourth-order valence-electron chi connectivity index (χ4n) is 3.62. The summed E-state index contributed by atoms with van der Waals surface area (Å²) in [4.78, 5) is 36.1. The summed E-state index contributed by atoms with van der Waals surface area (Å²) in [5.41, 5.74) is 11.9. The van der Waals surface area contributed by atoms with Gasteiger partial charge in [-0.05, 0) is 45.7 Å². The predicted octanol–water partition coefficient (Wildman–Crippen LogP) is 3.13. The first-order valence-electron chi connectivity index (χ1n) is 10.3. The molecule has 1 aliphatic rings. The molecule has 0 spiro atoms. The van der Waals surface area contributed by atoms with Crippen LogP contribution in [0.15, 0.2) is 22.8 Å². The van der Waals surface area contributed by atoms with Gasteiger partial charge in [0, 0.05) is 19.1 Å². The topological polar surface area (TPSA) is 150 Å². The van der Waals surface area contributed by atoms with Crippen molar-refractivity contribution >= 4 is 45.2 Å². The average Bonchev–Trinajstić information content (AvgIpc) is 3.35. The molecule has 11 heteroatoms. The first kappa shape index (κ1) is 21.9. The van der Waals surface area contributed by atoms with E-state index in [1.54, 1.807) is 18.4 Å². The van der Waals surface area contributed by atoms with Gasteiger partial charge in [0.05, 0.1) is 17.3 Å². The lowest BCUT2D eigenvalue weighted by Crippen LogP contribution is -2.46. The smallest absolute Gasteiger partial charge is 0.407 e. The zero-order chi connectivity index (χ0) is 23.0. The number of nitrogen functional groups attached to an aromatic ring is 1. The van der Waals surface area contributed by atoms with Crippen molar-refractivity contribution in [1.82, 2.24) is 15.3 Å². The van der Waals surface area contributed by atoms with Gasteiger partial charge in [0.1, 0.15) is 21.0 Å². The molecular weight excluding hydrogens is 432 g/mol. The fraction of sp³-hybridized carbons (Fsp3) is 0.429. The Labute approximate surface area is 188 Å². The molecule has 0 saturated carbocycles. The standard InChI is InChI=1S/C21H26N6O4S/c1-21(2,3)31-20(29)24-11-6-8-27(9-7-11)19-25-15(12-5-4-10-30-12)13-14(22)16(17(23)28)32-18(13)26-19/h4-5,10-11H,6-9,22H2,1-3H3,(H2,23,28)(H,24,29). The molecule has 0 unspecified atom stereocenters. The number of carbonyl (C=O) groups excluding carboxylic acids is 2. The van der Waals surface area contributed by atoms with Crippen molar-refractivity contribution in [3.8, 4) is 11.5 Å². The summed E-state index contributed by atoms with van der Waals surface area (Å²) in [5.74, 6) is 0.434. The first-order chi connectivity index (χ1) is 15.1. The number of nitrogens with zero attached hydrogens (tertiary/aromatic N) is 3. The number of hydrogen-bond acceptors (Lipinski definition) is 9. The van der Waals surface area contributed by atoms with Crippen LogP contribution in [0.4, 0.5) is 16.4 Å². The number of nitrogens with one attached hydrogen (secondary N) is 1. The van der Waals surface area contributed by atoms with Gasteiger partial charge in [-0.2, -0.15) is 0 Å². The number of carbonyl (C=O) groups is 2. The third-order valence-electron chi connectivity index (χ3n) is 5.05. The molecular formula is C21H26N6O4S. The Morgan fingerprint density at radius 1 is 1.28 bits per heavy atom. The molecule has 0 aliphatic carbocycles. The number of thiophene rings is 1. The van der Waals surface area contributed by atoms with E-state index in [4.69, 9.17) is 25.6 Å². The summed E-state index contributed by atoms with van der Waals surface area (Å²) < 4.78 is 10.9. The van der Waals surface area contributed by atoms with E-state index < -0.39 is 17.6 Å². The lowest BCUT2D eigenvalue weighted by molar-refractivity contribution is 0.0497. The van der Waals surface area contributed by atoms with Crippen LogP contribution in [0.3, 0.4) is 0 Å². The second-order valence-electron chi connectivity index (χ2n) is 8.65. The molecule has 4 heterocycles. The normalized spacial score (nSPS) is 15.2. The van der Waals surface area contributed by atoms with Crippen LogP contribution < -0.4 is 21.7 Å². The molecule has 1 saturated heterocycles. The highest BCUT2D eigenvalue weighted by molar-refractivity contribution is 7.21. The summed E-state index contributed by atoms with van der Waals surface area (Å²) in [6.07, 6.45) is 2.57. The monoisotopic (exact) mass is 458 g/mol. The zero-order valence-corrected chi connectivity index (χ0v) is 19.0. The number of fused-ring (bicyclic) bond motifs is 1. The van der Waals surface area contributed by atoms with Gasteiger partial charge in [-0.15, -0.1) is 11.3 Å². The molecule has 0 atom stereocenters. The lowest BCUT2D eigenvalue weighted by atomic mass is 10.1. The van der Waals surface area contributed by atoms with Crippen molar-refractivity contribution in [1.29, 1.82) is 0 Å². The van der Waals surface area contributed by atoms with Crippen LogP contribution in [0.2, 0.25) is 0 Å².